The molecule has 2 aromatic heterocycles. The number of para-hydroxylation sites is 2. The number of fused-ring (bicyclic) bond motifs is 4. The minimum atomic E-state index is -0.0243. The van der Waals surface area contributed by atoms with Crippen molar-refractivity contribution in [3.8, 4) is 6.07 Å². The smallest absolute Gasteiger partial charge is 0.157 e. The van der Waals surface area contributed by atoms with Gasteiger partial charge in [0.1, 0.15) is 11.9 Å². The van der Waals surface area contributed by atoms with Crippen LogP contribution in [0.5, 0.6) is 0 Å². The molecule has 0 amide bonds. The van der Waals surface area contributed by atoms with Crippen molar-refractivity contribution in [1.29, 1.82) is 5.26 Å². The summed E-state index contributed by atoms with van der Waals surface area (Å²) in [5.74, 6) is 1.20. The monoisotopic (exact) mass is 488 g/mol. The fourth-order valence-electron chi connectivity index (χ4n) is 6.14. The third kappa shape index (κ3) is 4.14. The van der Waals surface area contributed by atoms with Crippen LogP contribution in [0, 0.1) is 16.7 Å². The number of rotatable bonds is 5. The van der Waals surface area contributed by atoms with E-state index in [0.29, 0.717) is 0 Å². The van der Waals surface area contributed by atoms with Gasteiger partial charge in [0.25, 0.3) is 0 Å². The predicted molar refractivity (Wildman–Crippen MR) is 140 cm³/mol. The second-order valence-electron chi connectivity index (χ2n) is 11.0. The summed E-state index contributed by atoms with van der Waals surface area (Å²) in [6.07, 6.45) is 2.77. The summed E-state index contributed by atoms with van der Waals surface area (Å²) >= 11 is 0. The maximum atomic E-state index is 10.3. The van der Waals surface area contributed by atoms with Crippen LogP contribution in [0.3, 0.4) is 0 Å². The molecule has 0 unspecified atom stereocenters. The molecule has 0 atom stereocenters. The molecule has 8 heteroatoms. The van der Waals surface area contributed by atoms with Gasteiger partial charge in [0.05, 0.1) is 29.8 Å². The minimum absolute atomic E-state index is 0.0243. The number of nitriles is 1. The Morgan fingerprint density at radius 3 is 2.53 bits per heavy atom. The van der Waals surface area contributed by atoms with Gasteiger partial charge in [-0.15, -0.1) is 0 Å². The second kappa shape index (κ2) is 9.64. The van der Waals surface area contributed by atoms with Gasteiger partial charge in [-0.05, 0) is 42.4 Å². The topological polar surface area (TPSA) is 80.3 Å². The molecular formula is C28H36N6O2. The maximum absolute atomic E-state index is 10.3. The number of pyridine rings is 1. The first-order valence-electron chi connectivity index (χ1n) is 13.3. The Labute approximate surface area is 212 Å². The zero-order valence-electron chi connectivity index (χ0n) is 21.2. The van der Waals surface area contributed by atoms with Gasteiger partial charge in [-0.25, -0.2) is 4.98 Å². The molecule has 3 aromatic rings. The van der Waals surface area contributed by atoms with Crippen molar-refractivity contribution in [2.24, 2.45) is 5.41 Å². The van der Waals surface area contributed by atoms with E-state index in [4.69, 9.17) is 9.72 Å². The number of aliphatic hydroxyl groups excluding tert-OH is 1. The van der Waals surface area contributed by atoms with E-state index in [2.05, 4.69) is 44.2 Å². The standard InChI is InChI=1S/C28H36N6O2/c1-28(20-35)7-10-33(11-8-28)27-23-19-32(13-12-31-14-16-36-17-15-31)9-6-21(23)22(18-29)26-30-24-4-2-3-5-25(24)34(26)27/h2-5,35H,6-17,19-20H2,1H3. The number of aromatic nitrogens is 2. The summed E-state index contributed by atoms with van der Waals surface area (Å²) in [5.41, 5.74) is 5.93. The summed E-state index contributed by atoms with van der Waals surface area (Å²) in [6.45, 7) is 11.7. The van der Waals surface area contributed by atoms with Crippen molar-refractivity contribution in [2.75, 3.05) is 70.5 Å². The molecule has 0 bridgehead atoms. The first-order valence-corrected chi connectivity index (χ1v) is 13.3. The molecule has 2 saturated heterocycles. The van der Waals surface area contributed by atoms with Crippen LogP contribution >= 0.6 is 0 Å². The average molecular weight is 489 g/mol. The van der Waals surface area contributed by atoms with E-state index in [9.17, 15) is 10.4 Å². The lowest BCUT2D eigenvalue weighted by molar-refractivity contribution is 0.0326. The van der Waals surface area contributed by atoms with E-state index in [1.54, 1.807) is 0 Å². The van der Waals surface area contributed by atoms with Gasteiger partial charge in [0.15, 0.2) is 5.65 Å². The van der Waals surface area contributed by atoms with Crippen LogP contribution in [0.25, 0.3) is 16.7 Å². The lowest BCUT2D eigenvalue weighted by Crippen LogP contribution is -2.44. The van der Waals surface area contributed by atoms with E-state index in [1.807, 2.05) is 12.1 Å². The SMILES string of the molecule is CC1(CO)CCN(c2c3c(c(C#N)c4nc5ccccc5n24)CCN(CCN2CCOCC2)C3)CC1. The molecule has 0 radical (unpaired) electrons. The summed E-state index contributed by atoms with van der Waals surface area (Å²) in [6, 6.07) is 10.8. The fraction of sp³-hybridized carbons (Fsp3) is 0.571. The predicted octanol–water partition coefficient (Wildman–Crippen LogP) is 2.65. The Kier molecular flexibility index (Phi) is 6.34. The number of morpholine rings is 1. The van der Waals surface area contributed by atoms with E-state index < -0.39 is 0 Å². The number of anilines is 1. The highest BCUT2D eigenvalue weighted by Gasteiger charge is 2.34. The minimum Gasteiger partial charge on any atom is -0.396 e. The van der Waals surface area contributed by atoms with Crippen LogP contribution in [-0.4, -0.2) is 89.9 Å². The van der Waals surface area contributed by atoms with Crippen molar-refractivity contribution in [3.63, 3.8) is 0 Å². The first-order chi connectivity index (χ1) is 17.6. The third-order valence-corrected chi connectivity index (χ3v) is 8.59. The number of imidazole rings is 1. The molecule has 1 N–H and O–H groups in total. The van der Waals surface area contributed by atoms with Crippen LogP contribution in [0.4, 0.5) is 5.82 Å². The molecule has 3 aliphatic heterocycles. The molecule has 36 heavy (non-hydrogen) atoms. The Morgan fingerprint density at radius 2 is 1.78 bits per heavy atom. The second-order valence-corrected chi connectivity index (χ2v) is 11.0. The van der Waals surface area contributed by atoms with Gasteiger partial charge >= 0.3 is 0 Å². The molecular weight excluding hydrogens is 452 g/mol. The van der Waals surface area contributed by atoms with Crippen molar-refractivity contribution in [1.82, 2.24) is 19.2 Å². The van der Waals surface area contributed by atoms with Gasteiger partial charge in [-0.3, -0.25) is 14.2 Å². The zero-order chi connectivity index (χ0) is 24.7. The first kappa shape index (κ1) is 23.7. The molecule has 3 aliphatic rings. The van der Waals surface area contributed by atoms with Crippen molar-refractivity contribution in [2.45, 2.75) is 32.7 Å². The molecule has 2 fully saturated rings. The molecule has 5 heterocycles. The van der Waals surface area contributed by atoms with E-state index in [-0.39, 0.29) is 12.0 Å². The molecule has 6 rings (SSSR count). The summed E-state index contributed by atoms with van der Waals surface area (Å²) < 4.78 is 7.77. The third-order valence-electron chi connectivity index (χ3n) is 8.59. The molecule has 190 valence electrons. The quantitative estimate of drug-likeness (QED) is 0.591. The van der Waals surface area contributed by atoms with Crippen LogP contribution in [0.1, 0.15) is 36.5 Å². The van der Waals surface area contributed by atoms with Crippen LogP contribution in [-0.2, 0) is 17.7 Å². The maximum Gasteiger partial charge on any atom is 0.157 e. The van der Waals surface area contributed by atoms with Gasteiger partial charge in [-0.1, -0.05) is 19.1 Å². The Balaban J connectivity index is 1.43. The number of ether oxygens (including phenoxy) is 1. The number of hydrogen-bond donors (Lipinski definition) is 1. The highest BCUT2D eigenvalue weighted by molar-refractivity contribution is 5.86. The van der Waals surface area contributed by atoms with Crippen LogP contribution in [0.2, 0.25) is 0 Å². The number of aliphatic hydroxyl groups is 1. The molecule has 0 saturated carbocycles. The largest absolute Gasteiger partial charge is 0.396 e. The van der Waals surface area contributed by atoms with Gasteiger partial charge in [0.2, 0.25) is 0 Å². The van der Waals surface area contributed by atoms with Crippen LogP contribution < -0.4 is 4.90 Å². The highest BCUT2D eigenvalue weighted by atomic mass is 16.5. The lowest BCUT2D eigenvalue weighted by atomic mass is 9.81. The molecule has 8 nitrogen and oxygen atoms in total. The van der Waals surface area contributed by atoms with Crippen molar-refractivity contribution in [3.05, 3.63) is 41.0 Å². The average Bonchev–Trinajstić information content (AvgIpc) is 3.31. The van der Waals surface area contributed by atoms with Crippen LogP contribution in [0.15, 0.2) is 24.3 Å². The zero-order valence-corrected chi connectivity index (χ0v) is 21.2. The summed E-state index contributed by atoms with van der Waals surface area (Å²) in [7, 11) is 0. The number of benzene rings is 1. The van der Waals surface area contributed by atoms with Crippen molar-refractivity contribution < 1.29 is 9.84 Å². The molecule has 0 aliphatic carbocycles. The Morgan fingerprint density at radius 1 is 1.03 bits per heavy atom. The van der Waals surface area contributed by atoms with Gasteiger partial charge in [-0.2, -0.15) is 5.26 Å². The fourth-order valence-corrected chi connectivity index (χ4v) is 6.14. The Hall–Kier alpha value is -2.70. The normalized spacial score (nSPS) is 21.1. The van der Waals surface area contributed by atoms with Crippen molar-refractivity contribution >= 4 is 22.5 Å². The number of hydrogen-bond acceptors (Lipinski definition) is 7. The number of piperidine rings is 1. The number of nitrogens with zero attached hydrogens (tertiary/aromatic N) is 6. The highest BCUT2D eigenvalue weighted by Crippen LogP contribution is 2.39. The van der Waals surface area contributed by atoms with Gasteiger partial charge in [0, 0.05) is 64.5 Å². The summed E-state index contributed by atoms with van der Waals surface area (Å²) in [5, 5.41) is 20.2. The lowest BCUT2D eigenvalue weighted by Gasteiger charge is -2.42. The molecule has 0 spiro atoms. The van der Waals surface area contributed by atoms with E-state index in [0.717, 1.165) is 107 Å². The van der Waals surface area contributed by atoms with E-state index in [1.165, 1.54) is 16.9 Å². The molecule has 1 aromatic carbocycles. The van der Waals surface area contributed by atoms with E-state index >= 15 is 0 Å². The summed E-state index contributed by atoms with van der Waals surface area (Å²) in [4.78, 5) is 12.5. The Bertz CT molecular complexity index is 1300. The van der Waals surface area contributed by atoms with Gasteiger partial charge < -0.3 is 14.7 Å².